The van der Waals surface area contributed by atoms with Crippen molar-refractivity contribution in [3.8, 4) is 0 Å². The minimum atomic E-state index is -0.193. The van der Waals surface area contributed by atoms with E-state index in [2.05, 4.69) is 19.2 Å². The minimum Gasteiger partial charge on any atom is -0.372 e. The van der Waals surface area contributed by atoms with E-state index < -0.39 is 0 Å². The van der Waals surface area contributed by atoms with Gasteiger partial charge in [0.15, 0.2) is 0 Å². The standard InChI is InChI=1S/C16H24FNO/c1-12(2)8-9-19-16(11-18-15-6-7-15)13-4-3-5-14(17)10-13/h3-5,10,12,15-16,18H,6-9,11H2,1-2H3. The van der Waals surface area contributed by atoms with Gasteiger partial charge in [-0.1, -0.05) is 26.0 Å². The van der Waals surface area contributed by atoms with E-state index in [0.717, 1.165) is 25.1 Å². The summed E-state index contributed by atoms with van der Waals surface area (Å²) >= 11 is 0. The third kappa shape index (κ3) is 5.29. The van der Waals surface area contributed by atoms with Crippen LogP contribution in [0.3, 0.4) is 0 Å². The maximum Gasteiger partial charge on any atom is 0.123 e. The Morgan fingerprint density at radius 3 is 2.79 bits per heavy atom. The zero-order chi connectivity index (χ0) is 13.7. The normalized spacial score (nSPS) is 16.8. The molecule has 1 atom stereocenters. The molecule has 0 radical (unpaired) electrons. The van der Waals surface area contributed by atoms with E-state index in [1.165, 1.54) is 18.9 Å². The van der Waals surface area contributed by atoms with Gasteiger partial charge in [-0.2, -0.15) is 0 Å². The van der Waals surface area contributed by atoms with Crippen molar-refractivity contribution < 1.29 is 9.13 Å². The molecule has 2 nitrogen and oxygen atoms in total. The molecule has 2 rings (SSSR count). The molecule has 0 aliphatic heterocycles. The van der Waals surface area contributed by atoms with Crippen LogP contribution in [0.25, 0.3) is 0 Å². The Labute approximate surface area is 115 Å². The van der Waals surface area contributed by atoms with Crippen LogP contribution in [-0.2, 0) is 4.74 Å². The van der Waals surface area contributed by atoms with Crippen LogP contribution in [0.2, 0.25) is 0 Å². The van der Waals surface area contributed by atoms with Crippen molar-refractivity contribution in [3.63, 3.8) is 0 Å². The van der Waals surface area contributed by atoms with Gasteiger partial charge in [-0.25, -0.2) is 4.39 Å². The van der Waals surface area contributed by atoms with Crippen molar-refractivity contribution in [2.45, 2.75) is 45.3 Å². The monoisotopic (exact) mass is 265 g/mol. The van der Waals surface area contributed by atoms with Crippen molar-refractivity contribution in [2.24, 2.45) is 5.92 Å². The van der Waals surface area contributed by atoms with Crippen LogP contribution in [0.1, 0.15) is 44.8 Å². The molecular weight excluding hydrogens is 241 g/mol. The van der Waals surface area contributed by atoms with Crippen molar-refractivity contribution in [1.82, 2.24) is 5.32 Å². The third-order valence-electron chi connectivity index (χ3n) is 3.40. The number of halogens is 1. The van der Waals surface area contributed by atoms with Gasteiger partial charge in [0.2, 0.25) is 0 Å². The summed E-state index contributed by atoms with van der Waals surface area (Å²) in [6.45, 7) is 5.86. The second-order valence-electron chi connectivity index (χ2n) is 5.78. The highest BCUT2D eigenvalue weighted by molar-refractivity contribution is 5.19. The highest BCUT2D eigenvalue weighted by atomic mass is 19.1. The first-order chi connectivity index (χ1) is 9.15. The van der Waals surface area contributed by atoms with Crippen LogP contribution in [0.4, 0.5) is 4.39 Å². The fourth-order valence-corrected chi connectivity index (χ4v) is 1.99. The molecule has 1 aliphatic carbocycles. The van der Waals surface area contributed by atoms with Crippen LogP contribution in [-0.4, -0.2) is 19.2 Å². The molecule has 1 aromatic carbocycles. The van der Waals surface area contributed by atoms with E-state index in [4.69, 9.17) is 4.74 Å². The van der Waals surface area contributed by atoms with E-state index >= 15 is 0 Å². The molecule has 0 spiro atoms. The number of nitrogens with one attached hydrogen (secondary N) is 1. The summed E-state index contributed by atoms with van der Waals surface area (Å²) in [7, 11) is 0. The molecule has 19 heavy (non-hydrogen) atoms. The van der Waals surface area contributed by atoms with Crippen molar-refractivity contribution in [2.75, 3.05) is 13.2 Å². The van der Waals surface area contributed by atoms with Crippen molar-refractivity contribution in [1.29, 1.82) is 0 Å². The number of ether oxygens (including phenoxy) is 1. The molecule has 0 heterocycles. The Morgan fingerprint density at radius 1 is 1.37 bits per heavy atom. The lowest BCUT2D eigenvalue weighted by Gasteiger charge is -2.20. The number of benzene rings is 1. The smallest absolute Gasteiger partial charge is 0.123 e. The second kappa shape index (κ2) is 7.01. The Bertz CT molecular complexity index is 390. The summed E-state index contributed by atoms with van der Waals surface area (Å²) in [5.74, 6) is 0.436. The van der Waals surface area contributed by atoms with Gasteiger partial charge in [0.1, 0.15) is 5.82 Å². The molecule has 1 fully saturated rings. The van der Waals surface area contributed by atoms with E-state index in [1.54, 1.807) is 12.1 Å². The van der Waals surface area contributed by atoms with Gasteiger partial charge in [0, 0.05) is 19.2 Å². The van der Waals surface area contributed by atoms with Gasteiger partial charge >= 0.3 is 0 Å². The number of hydrogen-bond acceptors (Lipinski definition) is 2. The first kappa shape index (κ1) is 14.5. The first-order valence-corrected chi connectivity index (χ1v) is 7.25. The molecule has 0 saturated heterocycles. The Morgan fingerprint density at radius 2 is 2.16 bits per heavy atom. The summed E-state index contributed by atoms with van der Waals surface area (Å²) in [4.78, 5) is 0. The lowest BCUT2D eigenvalue weighted by molar-refractivity contribution is 0.0453. The largest absolute Gasteiger partial charge is 0.372 e. The predicted molar refractivity (Wildman–Crippen MR) is 75.6 cm³/mol. The van der Waals surface area contributed by atoms with Gasteiger partial charge in [0.25, 0.3) is 0 Å². The average Bonchev–Trinajstić information content (AvgIpc) is 3.17. The lowest BCUT2D eigenvalue weighted by Crippen LogP contribution is -2.25. The maximum absolute atomic E-state index is 13.3. The van der Waals surface area contributed by atoms with Gasteiger partial charge in [0.05, 0.1) is 6.10 Å². The zero-order valence-corrected chi connectivity index (χ0v) is 11.9. The fourth-order valence-electron chi connectivity index (χ4n) is 1.99. The molecule has 1 N–H and O–H groups in total. The summed E-state index contributed by atoms with van der Waals surface area (Å²) < 4.78 is 19.3. The number of rotatable bonds is 8. The molecule has 1 unspecified atom stereocenters. The molecular formula is C16H24FNO. The topological polar surface area (TPSA) is 21.3 Å². The van der Waals surface area contributed by atoms with Gasteiger partial charge < -0.3 is 10.1 Å². The molecule has 3 heteroatoms. The van der Waals surface area contributed by atoms with E-state index in [-0.39, 0.29) is 11.9 Å². The maximum atomic E-state index is 13.3. The van der Waals surface area contributed by atoms with Gasteiger partial charge in [-0.05, 0) is 42.9 Å². The summed E-state index contributed by atoms with van der Waals surface area (Å²) in [5, 5.41) is 3.47. The molecule has 0 bridgehead atoms. The van der Waals surface area contributed by atoms with E-state index in [9.17, 15) is 4.39 Å². The van der Waals surface area contributed by atoms with Gasteiger partial charge in [-0.15, -0.1) is 0 Å². The molecule has 0 aromatic heterocycles. The SMILES string of the molecule is CC(C)CCOC(CNC1CC1)c1cccc(F)c1. The first-order valence-electron chi connectivity index (χ1n) is 7.25. The minimum absolute atomic E-state index is 0.0463. The Hall–Kier alpha value is -0.930. The van der Waals surface area contributed by atoms with Crippen molar-refractivity contribution >= 4 is 0 Å². The van der Waals surface area contributed by atoms with Crippen LogP contribution < -0.4 is 5.32 Å². The zero-order valence-electron chi connectivity index (χ0n) is 11.9. The Kier molecular flexibility index (Phi) is 5.34. The molecule has 1 saturated carbocycles. The van der Waals surface area contributed by atoms with Crippen molar-refractivity contribution in [3.05, 3.63) is 35.6 Å². The average molecular weight is 265 g/mol. The molecule has 106 valence electrons. The summed E-state index contributed by atoms with van der Waals surface area (Å²) in [6.07, 6.45) is 3.49. The summed E-state index contributed by atoms with van der Waals surface area (Å²) in [5.41, 5.74) is 0.928. The predicted octanol–water partition coefficient (Wildman–Crippen LogP) is 3.68. The molecule has 0 amide bonds. The highest BCUT2D eigenvalue weighted by Gasteiger charge is 2.22. The van der Waals surface area contributed by atoms with E-state index in [1.807, 2.05) is 6.07 Å². The second-order valence-corrected chi connectivity index (χ2v) is 5.78. The van der Waals surface area contributed by atoms with Crippen LogP contribution >= 0.6 is 0 Å². The molecule has 1 aromatic rings. The lowest BCUT2D eigenvalue weighted by atomic mass is 10.1. The Balaban J connectivity index is 1.91. The van der Waals surface area contributed by atoms with Crippen LogP contribution in [0.5, 0.6) is 0 Å². The molecule has 1 aliphatic rings. The highest BCUT2D eigenvalue weighted by Crippen LogP contribution is 2.23. The number of hydrogen-bond donors (Lipinski definition) is 1. The third-order valence-corrected chi connectivity index (χ3v) is 3.40. The summed E-state index contributed by atoms with van der Waals surface area (Å²) in [6, 6.07) is 7.39. The van der Waals surface area contributed by atoms with E-state index in [0.29, 0.717) is 12.0 Å². The van der Waals surface area contributed by atoms with Crippen LogP contribution in [0.15, 0.2) is 24.3 Å². The fraction of sp³-hybridized carbons (Fsp3) is 0.625. The quantitative estimate of drug-likeness (QED) is 0.774. The van der Waals surface area contributed by atoms with Gasteiger partial charge in [-0.3, -0.25) is 0 Å². The van der Waals surface area contributed by atoms with Crippen LogP contribution in [0, 0.1) is 11.7 Å².